The molecule has 4 nitrogen and oxygen atoms in total. The molecule has 0 saturated heterocycles. The fourth-order valence-corrected chi connectivity index (χ4v) is 1.92. The third-order valence-corrected chi connectivity index (χ3v) is 2.85. The van der Waals surface area contributed by atoms with Crippen molar-refractivity contribution in [2.45, 2.75) is 6.54 Å². The molecule has 0 radical (unpaired) electrons. The van der Waals surface area contributed by atoms with Gasteiger partial charge in [0.25, 0.3) is 0 Å². The lowest BCUT2D eigenvalue weighted by molar-refractivity contribution is -0.684. The lowest BCUT2D eigenvalue weighted by atomic mass is 10.2. The molecule has 0 unspecified atom stereocenters. The average molecular weight is 319 g/mol. The van der Waals surface area contributed by atoms with Crippen molar-refractivity contribution >= 4 is 28.1 Å². The van der Waals surface area contributed by atoms with E-state index in [2.05, 4.69) is 26.5 Å². The largest absolute Gasteiger partial charge is 0.305 e. The number of hydrazone groups is 1. The number of benzene rings is 1. The van der Waals surface area contributed by atoms with Gasteiger partial charge in [-0.3, -0.25) is 4.79 Å². The van der Waals surface area contributed by atoms with Crippen molar-refractivity contribution in [1.29, 1.82) is 0 Å². The summed E-state index contributed by atoms with van der Waals surface area (Å²) in [5.74, 6) is -0.164. The Morgan fingerprint density at radius 3 is 2.79 bits per heavy atom. The summed E-state index contributed by atoms with van der Waals surface area (Å²) >= 11 is 3.37. The van der Waals surface area contributed by atoms with Crippen molar-refractivity contribution in [3.63, 3.8) is 0 Å². The Morgan fingerprint density at radius 2 is 2.05 bits per heavy atom. The Balaban J connectivity index is 1.87. The number of halogens is 1. The van der Waals surface area contributed by atoms with Gasteiger partial charge in [-0.25, -0.2) is 5.43 Å². The van der Waals surface area contributed by atoms with E-state index in [1.54, 1.807) is 10.8 Å². The molecule has 1 heterocycles. The zero-order valence-electron chi connectivity index (χ0n) is 10.2. The smallest absolute Gasteiger partial charge is 0.266 e. The van der Waals surface area contributed by atoms with Crippen LogP contribution in [-0.4, -0.2) is 12.1 Å². The highest BCUT2D eigenvalue weighted by atomic mass is 79.9. The number of carbonyl (C=O) groups is 1. The van der Waals surface area contributed by atoms with Gasteiger partial charge in [-0.15, -0.1) is 0 Å². The topological polar surface area (TPSA) is 45.3 Å². The van der Waals surface area contributed by atoms with E-state index in [0.717, 1.165) is 10.0 Å². The van der Waals surface area contributed by atoms with E-state index in [1.165, 1.54) is 0 Å². The fraction of sp³-hybridized carbons (Fsp3) is 0.0714. The van der Waals surface area contributed by atoms with Gasteiger partial charge < -0.3 is 0 Å². The van der Waals surface area contributed by atoms with Gasteiger partial charge in [0.15, 0.2) is 12.4 Å². The molecule has 0 aliphatic carbocycles. The number of carbonyl (C=O) groups excluding carboxylic acids is 1. The van der Waals surface area contributed by atoms with Crippen LogP contribution in [0.5, 0.6) is 0 Å². The second-order valence-corrected chi connectivity index (χ2v) is 4.81. The van der Waals surface area contributed by atoms with Crippen molar-refractivity contribution in [3.05, 3.63) is 64.9 Å². The lowest BCUT2D eigenvalue weighted by Crippen LogP contribution is -2.40. The molecule has 2 aromatic rings. The van der Waals surface area contributed by atoms with Gasteiger partial charge >= 0.3 is 5.91 Å². The molecule has 1 aromatic carbocycles. The molecule has 0 saturated carbocycles. The van der Waals surface area contributed by atoms with Crippen molar-refractivity contribution in [2.75, 3.05) is 0 Å². The van der Waals surface area contributed by atoms with Gasteiger partial charge in [-0.1, -0.05) is 34.1 Å². The lowest BCUT2D eigenvalue weighted by Gasteiger charge is -1.97. The zero-order valence-corrected chi connectivity index (χ0v) is 11.7. The van der Waals surface area contributed by atoms with Crippen LogP contribution in [0.25, 0.3) is 0 Å². The molecule has 0 fully saturated rings. The molecule has 2 rings (SSSR count). The molecule has 96 valence electrons. The van der Waals surface area contributed by atoms with E-state index >= 15 is 0 Å². The van der Waals surface area contributed by atoms with E-state index in [1.807, 2.05) is 54.9 Å². The summed E-state index contributed by atoms with van der Waals surface area (Å²) in [6.07, 6.45) is 5.27. The zero-order chi connectivity index (χ0) is 13.5. The van der Waals surface area contributed by atoms with E-state index in [-0.39, 0.29) is 12.5 Å². The SMILES string of the molecule is O=C(C[n+]1ccccc1)NN=Cc1cccc(Br)c1. The molecule has 19 heavy (non-hydrogen) atoms. The Bertz CT molecular complexity index is 584. The van der Waals surface area contributed by atoms with Crippen LogP contribution in [-0.2, 0) is 11.3 Å². The van der Waals surface area contributed by atoms with E-state index < -0.39 is 0 Å². The predicted octanol–water partition coefficient (Wildman–Crippen LogP) is 1.89. The second-order valence-electron chi connectivity index (χ2n) is 3.90. The molecule has 1 amide bonds. The molecule has 0 aliphatic rings. The maximum absolute atomic E-state index is 11.6. The number of pyridine rings is 1. The third-order valence-electron chi connectivity index (χ3n) is 2.36. The Kier molecular flexibility index (Phi) is 4.80. The second kappa shape index (κ2) is 6.80. The van der Waals surface area contributed by atoms with Crippen LogP contribution in [0.15, 0.2) is 64.4 Å². The van der Waals surface area contributed by atoms with E-state index in [9.17, 15) is 4.79 Å². The minimum Gasteiger partial charge on any atom is -0.266 e. The van der Waals surface area contributed by atoms with Crippen LogP contribution in [0, 0.1) is 0 Å². The van der Waals surface area contributed by atoms with Crippen molar-refractivity contribution in [2.24, 2.45) is 5.10 Å². The van der Waals surface area contributed by atoms with Crippen molar-refractivity contribution < 1.29 is 9.36 Å². The first kappa shape index (κ1) is 13.4. The maximum Gasteiger partial charge on any atom is 0.305 e. The highest BCUT2D eigenvalue weighted by Gasteiger charge is 2.06. The van der Waals surface area contributed by atoms with Crippen molar-refractivity contribution in [3.8, 4) is 0 Å². The number of nitrogens with one attached hydrogen (secondary N) is 1. The van der Waals surface area contributed by atoms with Gasteiger partial charge in [0.05, 0.1) is 6.21 Å². The molecule has 0 atom stereocenters. The minimum absolute atomic E-state index is 0.164. The molecule has 5 heteroatoms. The number of aromatic nitrogens is 1. The fourth-order valence-electron chi connectivity index (χ4n) is 1.51. The molecule has 1 aromatic heterocycles. The molecular formula is C14H13BrN3O+. The minimum atomic E-state index is -0.164. The summed E-state index contributed by atoms with van der Waals surface area (Å²) in [6.45, 7) is 0.247. The summed E-state index contributed by atoms with van der Waals surface area (Å²) in [7, 11) is 0. The summed E-state index contributed by atoms with van der Waals surface area (Å²) < 4.78 is 2.76. The summed E-state index contributed by atoms with van der Waals surface area (Å²) in [4.78, 5) is 11.6. The monoisotopic (exact) mass is 318 g/mol. The van der Waals surface area contributed by atoms with Gasteiger partial charge in [0, 0.05) is 16.6 Å². The molecular weight excluding hydrogens is 306 g/mol. The van der Waals surface area contributed by atoms with Gasteiger partial charge in [-0.05, 0) is 17.7 Å². The van der Waals surface area contributed by atoms with Gasteiger partial charge in [0.1, 0.15) is 0 Å². The quantitative estimate of drug-likeness (QED) is 0.522. The third kappa shape index (κ3) is 4.63. The molecule has 0 aliphatic heterocycles. The first-order valence-corrected chi connectivity index (χ1v) is 6.55. The number of rotatable bonds is 4. The van der Waals surface area contributed by atoms with Crippen molar-refractivity contribution in [1.82, 2.24) is 5.43 Å². The number of amides is 1. The van der Waals surface area contributed by atoms with Gasteiger partial charge in [-0.2, -0.15) is 9.67 Å². The van der Waals surface area contributed by atoms with Crippen LogP contribution >= 0.6 is 15.9 Å². The van der Waals surface area contributed by atoms with Crippen LogP contribution < -0.4 is 9.99 Å². The summed E-state index contributed by atoms with van der Waals surface area (Å²) in [6, 6.07) is 13.3. The first-order valence-electron chi connectivity index (χ1n) is 5.75. The molecule has 0 bridgehead atoms. The van der Waals surface area contributed by atoms with Crippen LogP contribution in [0.1, 0.15) is 5.56 Å². The standard InChI is InChI=1S/C14H12BrN3O/c15-13-6-4-5-12(9-13)10-16-17-14(19)11-18-7-2-1-3-8-18/h1-10H,11H2/p+1. The summed E-state index contributed by atoms with van der Waals surface area (Å²) in [5, 5.41) is 3.92. The Morgan fingerprint density at radius 1 is 1.26 bits per heavy atom. The Hall–Kier alpha value is -2.01. The maximum atomic E-state index is 11.6. The number of nitrogens with zero attached hydrogens (tertiary/aromatic N) is 2. The predicted molar refractivity (Wildman–Crippen MR) is 76.5 cm³/mol. The van der Waals surface area contributed by atoms with Gasteiger partial charge in [0.2, 0.25) is 6.54 Å². The highest BCUT2D eigenvalue weighted by Crippen LogP contribution is 2.09. The van der Waals surface area contributed by atoms with E-state index in [4.69, 9.17) is 0 Å². The number of hydrogen-bond acceptors (Lipinski definition) is 2. The first-order chi connectivity index (χ1) is 9.24. The van der Waals surface area contributed by atoms with Crippen LogP contribution in [0.2, 0.25) is 0 Å². The average Bonchev–Trinajstić information content (AvgIpc) is 2.40. The van der Waals surface area contributed by atoms with Crippen LogP contribution in [0.3, 0.4) is 0 Å². The summed E-state index contributed by atoms with van der Waals surface area (Å²) in [5.41, 5.74) is 3.41. The van der Waals surface area contributed by atoms with E-state index in [0.29, 0.717) is 0 Å². The molecule has 0 spiro atoms. The molecule has 1 N–H and O–H groups in total. The van der Waals surface area contributed by atoms with Crippen LogP contribution in [0.4, 0.5) is 0 Å². The Labute approximate surface area is 119 Å². The highest BCUT2D eigenvalue weighted by molar-refractivity contribution is 9.10. The number of hydrogen-bond donors (Lipinski definition) is 1. The normalized spacial score (nSPS) is 10.6.